The first-order valence-electron chi connectivity index (χ1n) is 7.23. The molecule has 0 unspecified atom stereocenters. The predicted molar refractivity (Wildman–Crippen MR) is 88.5 cm³/mol. The highest BCUT2D eigenvalue weighted by molar-refractivity contribution is 5.53. The molecule has 0 aromatic rings. The summed E-state index contributed by atoms with van der Waals surface area (Å²) >= 11 is 0. The molecule has 0 aliphatic heterocycles. The van der Waals surface area contributed by atoms with Gasteiger partial charge in [-0.3, -0.25) is 0 Å². The normalized spacial score (nSPS) is 9.08. The molecule has 0 amide bonds. The summed E-state index contributed by atoms with van der Waals surface area (Å²) in [4.78, 5) is 8.56. The van der Waals surface area contributed by atoms with Crippen molar-refractivity contribution in [2.24, 2.45) is 0 Å². The van der Waals surface area contributed by atoms with Gasteiger partial charge in [0.25, 0.3) is 0 Å². The maximum atomic E-state index is 8.56. The highest BCUT2D eigenvalue weighted by Crippen LogP contribution is 1.78. The second kappa shape index (κ2) is 29.5. The lowest BCUT2D eigenvalue weighted by Crippen LogP contribution is -2.06. The second-order valence-electron chi connectivity index (χ2n) is 3.68. The molecule has 0 aliphatic rings. The van der Waals surface area contributed by atoms with E-state index in [4.69, 9.17) is 44.2 Å². The standard InChI is InChI=1S/2C7H14O3.CH2O3/c2*1-2-4-9-6-7-10-5-3-8;2-1(3)4/h2*2,8H,1,3-7H2;(H2,2,3,4). The van der Waals surface area contributed by atoms with Crippen LogP contribution in [0.25, 0.3) is 0 Å². The Morgan fingerprint density at radius 3 is 1.25 bits per heavy atom. The number of aliphatic hydroxyl groups excluding tert-OH is 2. The van der Waals surface area contributed by atoms with Gasteiger partial charge in [-0.05, 0) is 0 Å². The van der Waals surface area contributed by atoms with Gasteiger partial charge in [0.1, 0.15) is 0 Å². The minimum absolute atomic E-state index is 0.0709. The zero-order valence-electron chi connectivity index (χ0n) is 14.0. The van der Waals surface area contributed by atoms with E-state index in [1.165, 1.54) is 0 Å². The van der Waals surface area contributed by atoms with Gasteiger partial charge in [0, 0.05) is 0 Å². The van der Waals surface area contributed by atoms with E-state index >= 15 is 0 Å². The fourth-order valence-electron chi connectivity index (χ4n) is 0.902. The third-order valence-corrected chi connectivity index (χ3v) is 1.69. The van der Waals surface area contributed by atoms with Crippen LogP contribution in [0.1, 0.15) is 0 Å². The van der Waals surface area contributed by atoms with Crippen molar-refractivity contribution in [2.75, 3.05) is 66.1 Å². The van der Waals surface area contributed by atoms with Gasteiger partial charge in [0.15, 0.2) is 0 Å². The van der Waals surface area contributed by atoms with Crippen molar-refractivity contribution >= 4 is 6.16 Å². The molecule has 144 valence electrons. The molecule has 0 aromatic heterocycles. The van der Waals surface area contributed by atoms with Gasteiger partial charge < -0.3 is 39.4 Å². The number of carboxylic acid groups (broad SMARTS) is 2. The Hall–Kier alpha value is -1.49. The van der Waals surface area contributed by atoms with E-state index in [2.05, 4.69) is 13.2 Å². The molecular formula is C15H30O9. The fourth-order valence-corrected chi connectivity index (χ4v) is 0.902. The number of hydrogen-bond donors (Lipinski definition) is 4. The third kappa shape index (κ3) is 49.9. The van der Waals surface area contributed by atoms with Gasteiger partial charge in [0.05, 0.1) is 66.1 Å². The molecule has 9 nitrogen and oxygen atoms in total. The summed E-state index contributed by atoms with van der Waals surface area (Å²) in [5.74, 6) is 0. The lowest BCUT2D eigenvalue weighted by Gasteiger charge is -2.00. The van der Waals surface area contributed by atoms with Gasteiger partial charge in [-0.1, -0.05) is 12.2 Å². The van der Waals surface area contributed by atoms with Crippen LogP contribution in [0.3, 0.4) is 0 Å². The molecule has 0 atom stereocenters. The van der Waals surface area contributed by atoms with Crippen LogP contribution >= 0.6 is 0 Å². The Bertz CT molecular complexity index is 235. The first-order valence-corrected chi connectivity index (χ1v) is 7.23. The van der Waals surface area contributed by atoms with Crippen molar-refractivity contribution in [3.8, 4) is 0 Å². The SMILES string of the molecule is C=CCOCCOCCO.C=CCOCCOCCO.O=C(O)O. The summed E-state index contributed by atoms with van der Waals surface area (Å²) in [6.45, 7) is 11.2. The van der Waals surface area contributed by atoms with Gasteiger partial charge in [-0.25, -0.2) is 4.79 Å². The summed E-state index contributed by atoms with van der Waals surface area (Å²) in [5, 5.41) is 30.5. The summed E-state index contributed by atoms with van der Waals surface area (Å²) in [5.41, 5.74) is 0. The molecule has 0 heterocycles. The maximum absolute atomic E-state index is 8.56. The van der Waals surface area contributed by atoms with Crippen molar-refractivity contribution < 1.29 is 44.2 Å². The Morgan fingerprint density at radius 2 is 1.00 bits per heavy atom. The van der Waals surface area contributed by atoms with Crippen LogP contribution in [0.2, 0.25) is 0 Å². The molecular weight excluding hydrogens is 324 g/mol. The highest BCUT2D eigenvalue weighted by atomic mass is 16.6. The smallest absolute Gasteiger partial charge is 0.450 e. The number of ether oxygens (including phenoxy) is 4. The lowest BCUT2D eigenvalue weighted by molar-refractivity contribution is 0.0412. The quantitative estimate of drug-likeness (QED) is 0.261. The molecule has 0 rings (SSSR count). The Kier molecular flexibility index (Phi) is 33.6. The third-order valence-electron chi connectivity index (χ3n) is 1.69. The summed E-state index contributed by atoms with van der Waals surface area (Å²) in [6, 6.07) is 0. The van der Waals surface area contributed by atoms with Crippen LogP contribution in [-0.2, 0) is 18.9 Å². The molecule has 4 N–H and O–H groups in total. The second-order valence-corrected chi connectivity index (χ2v) is 3.68. The average Bonchev–Trinajstić information content (AvgIpc) is 2.54. The molecule has 0 saturated carbocycles. The average molecular weight is 354 g/mol. The first-order chi connectivity index (χ1) is 11.6. The molecule has 0 spiro atoms. The Balaban J connectivity index is -0.000000301. The zero-order chi connectivity index (χ0) is 18.9. The summed E-state index contributed by atoms with van der Waals surface area (Å²) in [7, 11) is 0. The van der Waals surface area contributed by atoms with Crippen molar-refractivity contribution in [3.05, 3.63) is 25.3 Å². The van der Waals surface area contributed by atoms with Crippen LogP contribution in [-0.4, -0.2) is 92.7 Å². The van der Waals surface area contributed by atoms with Crippen LogP contribution < -0.4 is 0 Å². The number of hydrogen-bond acceptors (Lipinski definition) is 7. The number of aliphatic hydroxyl groups is 2. The van der Waals surface area contributed by atoms with Crippen molar-refractivity contribution in [1.82, 2.24) is 0 Å². The number of carbonyl (C=O) groups is 1. The van der Waals surface area contributed by atoms with E-state index in [-0.39, 0.29) is 13.2 Å². The van der Waals surface area contributed by atoms with Crippen molar-refractivity contribution in [2.45, 2.75) is 0 Å². The van der Waals surface area contributed by atoms with Gasteiger partial charge >= 0.3 is 6.16 Å². The Labute approximate surface area is 142 Å². The fraction of sp³-hybridized carbons (Fsp3) is 0.667. The summed E-state index contributed by atoms with van der Waals surface area (Å²) in [6.07, 6.45) is 1.54. The first kappa shape index (κ1) is 27.4. The van der Waals surface area contributed by atoms with Gasteiger partial charge in [-0.15, -0.1) is 13.2 Å². The topological polar surface area (TPSA) is 135 Å². The zero-order valence-corrected chi connectivity index (χ0v) is 14.0. The van der Waals surface area contributed by atoms with Crippen molar-refractivity contribution in [3.63, 3.8) is 0 Å². The van der Waals surface area contributed by atoms with E-state index in [9.17, 15) is 0 Å². The molecule has 24 heavy (non-hydrogen) atoms. The predicted octanol–water partition coefficient (Wildman–Crippen LogP) is 0.618. The minimum atomic E-state index is -1.83. The Morgan fingerprint density at radius 1 is 0.708 bits per heavy atom. The van der Waals surface area contributed by atoms with Crippen LogP contribution in [0.5, 0.6) is 0 Å². The lowest BCUT2D eigenvalue weighted by atomic mass is 10.7. The highest BCUT2D eigenvalue weighted by Gasteiger charge is 1.86. The minimum Gasteiger partial charge on any atom is -0.450 e. The summed E-state index contributed by atoms with van der Waals surface area (Å²) < 4.78 is 19.8. The monoisotopic (exact) mass is 354 g/mol. The van der Waals surface area contributed by atoms with E-state index in [1.807, 2.05) is 0 Å². The largest absolute Gasteiger partial charge is 0.503 e. The van der Waals surface area contributed by atoms with E-state index < -0.39 is 6.16 Å². The van der Waals surface area contributed by atoms with Gasteiger partial charge in [0.2, 0.25) is 0 Å². The molecule has 0 radical (unpaired) electrons. The van der Waals surface area contributed by atoms with Crippen LogP contribution in [0, 0.1) is 0 Å². The molecule has 9 heteroatoms. The van der Waals surface area contributed by atoms with Gasteiger partial charge in [-0.2, -0.15) is 0 Å². The van der Waals surface area contributed by atoms with Crippen LogP contribution in [0.15, 0.2) is 25.3 Å². The van der Waals surface area contributed by atoms with E-state index in [1.54, 1.807) is 12.2 Å². The van der Waals surface area contributed by atoms with E-state index in [0.717, 1.165) is 0 Å². The van der Waals surface area contributed by atoms with E-state index in [0.29, 0.717) is 52.9 Å². The molecule has 0 aromatic carbocycles. The molecule has 0 saturated heterocycles. The molecule has 0 fully saturated rings. The number of rotatable bonds is 14. The van der Waals surface area contributed by atoms with Crippen molar-refractivity contribution in [1.29, 1.82) is 0 Å². The van der Waals surface area contributed by atoms with Crippen LogP contribution in [0.4, 0.5) is 4.79 Å². The molecule has 0 bridgehead atoms. The molecule has 0 aliphatic carbocycles. The maximum Gasteiger partial charge on any atom is 0.503 e.